The molecule has 180 valence electrons. The van der Waals surface area contributed by atoms with Gasteiger partial charge in [0.15, 0.2) is 10.8 Å². The molecule has 3 heterocycles. The zero-order valence-electron chi connectivity index (χ0n) is 18.6. The Kier molecular flexibility index (Phi) is 6.56. The number of fused-ring (bicyclic) bond motifs is 3. The summed E-state index contributed by atoms with van der Waals surface area (Å²) < 4.78 is 2.02. The van der Waals surface area contributed by atoms with Crippen LogP contribution in [0.15, 0.2) is 71.7 Å². The predicted molar refractivity (Wildman–Crippen MR) is 141 cm³/mol. The Balaban J connectivity index is 1.22. The van der Waals surface area contributed by atoms with Crippen LogP contribution in [0, 0.1) is 10.1 Å². The predicted octanol–water partition coefficient (Wildman–Crippen LogP) is 5.00. The summed E-state index contributed by atoms with van der Waals surface area (Å²) in [5, 5.41) is 28.6. The third-order valence-electron chi connectivity index (χ3n) is 5.10. The molecule has 0 saturated carbocycles. The van der Waals surface area contributed by atoms with E-state index in [1.807, 2.05) is 28.8 Å². The topological polar surface area (TPSA) is 141 Å². The van der Waals surface area contributed by atoms with Crippen molar-refractivity contribution in [2.24, 2.45) is 0 Å². The Hall–Kier alpha value is -4.36. The molecule has 13 heteroatoms. The number of nitro groups is 1. The van der Waals surface area contributed by atoms with Crippen LogP contribution in [-0.4, -0.2) is 41.3 Å². The second kappa shape index (κ2) is 10.1. The molecule has 2 aromatic carbocycles. The van der Waals surface area contributed by atoms with Gasteiger partial charge < -0.3 is 15.2 Å². The van der Waals surface area contributed by atoms with Crippen LogP contribution >= 0.6 is 23.1 Å². The fraction of sp³-hybridized carbons (Fsp3) is 0.0870. The highest BCUT2D eigenvalue weighted by Gasteiger charge is 2.15. The van der Waals surface area contributed by atoms with Crippen molar-refractivity contribution in [1.29, 1.82) is 0 Å². The molecule has 0 spiro atoms. The number of nitrogens with zero attached hydrogens (tertiary/aromatic N) is 6. The molecule has 0 atom stereocenters. The fourth-order valence-electron chi connectivity index (χ4n) is 3.55. The summed E-state index contributed by atoms with van der Waals surface area (Å²) in [6.45, 7) is 4.41. The smallest absolute Gasteiger partial charge is 0.269 e. The van der Waals surface area contributed by atoms with Crippen LogP contribution in [0.4, 0.5) is 22.3 Å². The van der Waals surface area contributed by atoms with Gasteiger partial charge in [-0.3, -0.25) is 14.9 Å². The minimum absolute atomic E-state index is 0.00443. The quantitative estimate of drug-likeness (QED) is 0.119. The van der Waals surface area contributed by atoms with Gasteiger partial charge in [0, 0.05) is 35.1 Å². The molecule has 0 radical (unpaired) electrons. The number of rotatable bonds is 9. The number of allylic oxidation sites excluding steroid dienone is 1. The molecular weight excluding hydrogens is 500 g/mol. The SMILES string of the molecule is C=CCn1c2ccccc2c2nnc(SCC(=O)Nc3nc(Nc4ccc([N+](=O)[O-])cc4)cs3)nc21. The van der Waals surface area contributed by atoms with Crippen LogP contribution in [0.3, 0.4) is 0 Å². The molecule has 11 nitrogen and oxygen atoms in total. The number of benzene rings is 2. The normalized spacial score (nSPS) is 11.0. The number of hydrogen-bond donors (Lipinski definition) is 2. The second-order valence-corrected chi connectivity index (χ2v) is 9.29. The Morgan fingerprint density at radius 2 is 1.97 bits per heavy atom. The summed E-state index contributed by atoms with van der Waals surface area (Å²) >= 11 is 2.44. The van der Waals surface area contributed by atoms with Gasteiger partial charge in [0.05, 0.1) is 16.2 Å². The number of nitro benzene ring substituents is 1. The van der Waals surface area contributed by atoms with E-state index in [9.17, 15) is 14.9 Å². The number of anilines is 3. The molecule has 5 aromatic rings. The lowest BCUT2D eigenvalue weighted by Gasteiger charge is -2.04. The molecule has 0 unspecified atom stereocenters. The van der Waals surface area contributed by atoms with Crippen molar-refractivity contribution >= 4 is 73.4 Å². The third kappa shape index (κ3) is 4.87. The summed E-state index contributed by atoms with van der Waals surface area (Å²) in [5.74, 6) is 0.343. The minimum Gasteiger partial charge on any atom is -0.339 e. The fourth-order valence-corrected chi connectivity index (χ4v) is 4.79. The van der Waals surface area contributed by atoms with Gasteiger partial charge >= 0.3 is 0 Å². The summed E-state index contributed by atoms with van der Waals surface area (Å²) in [6, 6.07) is 13.9. The molecule has 3 aromatic heterocycles. The van der Waals surface area contributed by atoms with Gasteiger partial charge in [0.2, 0.25) is 11.1 Å². The highest BCUT2D eigenvalue weighted by atomic mass is 32.2. The van der Waals surface area contributed by atoms with Gasteiger partial charge in [-0.25, -0.2) is 9.97 Å². The van der Waals surface area contributed by atoms with Gasteiger partial charge in [0.1, 0.15) is 11.3 Å². The monoisotopic (exact) mass is 518 g/mol. The van der Waals surface area contributed by atoms with Crippen LogP contribution in [0.5, 0.6) is 0 Å². The molecule has 1 amide bonds. The summed E-state index contributed by atoms with van der Waals surface area (Å²) in [6.07, 6.45) is 1.80. The van der Waals surface area contributed by atoms with Crippen LogP contribution in [0.2, 0.25) is 0 Å². The summed E-state index contributed by atoms with van der Waals surface area (Å²) in [5.41, 5.74) is 3.04. The number of aromatic nitrogens is 5. The number of carbonyl (C=O) groups excluding carboxylic acids is 1. The van der Waals surface area contributed by atoms with Gasteiger partial charge in [0.25, 0.3) is 5.69 Å². The van der Waals surface area contributed by atoms with Crippen molar-refractivity contribution in [3.63, 3.8) is 0 Å². The summed E-state index contributed by atoms with van der Waals surface area (Å²) in [7, 11) is 0. The van der Waals surface area contributed by atoms with Crippen LogP contribution < -0.4 is 10.6 Å². The number of thiazole rings is 1. The maximum atomic E-state index is 12.5. The number of thioether (sulfide) groups is 1. The lowest BCUT2D eigenvalue weighted by molar-refractivity contribution is -0.384. The molecule has 5 rings (SSSR count). The van der Waals surface area contributed by atoms with E-state index in [-0.39, 0.29) is 17.3 Å². The molecule has 0 saturated heterocycles. The molecule has 0 aliphatic rings. The number of nitrogens with one attached hydrogen (secondary N) is 2. The van der Waals surface area contributed by atoms with Gasteiger partial charge in [-0.2, -0.15) is 0 Å². The second-order valence-electron chi connectivity index (χ2n) is 7.49. The largest absolute Gasteiger partial charge is 0.339 e. The molecule has 0 fully saturated rings. The standard InChI is InChI=1S/C23H18N8O3S2/c1-2-11-30-17-6-4-3-5-16(17)20-21(30)27-23(29-28-20)36-13-19(32)26-22-25-18(12-35-22)24-14-7-9-15(10-8-14)31(33)34/h2-10,12,24H,1,11,13H2,(H,25,26,32). The number of para-hydroxylation sites is 1. The lowest BCUT2D eigenvalue weighted by atomic mass is 10.2. The first-order valence-corrected chi connectivity index (χ1v) is 12.5. The molecule has 0 aliphatic heterocycles. The Morgan fingerprint density at radius 1 is 1.17 bits per heavy atom. The van der Waals surface area contributed by atoms with Crippen molar-refractivity contribution in [1.82, 2.24) is 24.7 Å². The van der Waals surface area contributed by atoms with E-state index in [1.54, 1.807) is 23.6 Å². The van der Waals surface area contributed by atoms with E-state index in [0.29, 0.717) is 39.5 Å². The van der Waals surface area contributed by atoms with Crippen molar-refractivity contribution in [2.75, 3.05) is 16.4 Å². The zero-order chi connectivity index (χ0) is 25.1. The Bertz CT molecular complexity index is 1600. The van der Waals surface area contributed by atoms with Crippen molar-refractivity contribution in [2.45, 2.75) is 11.7 Å². The van der Waals surface area contributed by atoms with E-state index in [2.05, 4.69) is 37.4 Å². The van der Waals surface area contributed by atoms with Crippen molar-refractivity contribution in [3.05, 3.63) is 76.7 Å². The van der Waals surface area contributed by atoms with Gasteiger partial charge in [-0.05, 0) is 18.2 Å². The van der Waals surface area contributed by atoms with E-state index in [4.69, 9.17) is 0 Å². The van der Waals surface area contributed by atoms with Crippen LogP contribution in [0.1, 0.15) is 0 Å². The minimum atomic E-state index is -0.460. The average molecular weight is 519 g/mol. The summed E-state index contributed by atoms with van der Waals surface area (Å²) in [4.78, 5) is 31.8. The maximum Gasteiger partial charge on any atom is 0.269 e. The van der Waals surface area contributed by atoms with Gasteiger partial charge in [-0.1, -0.05) is 36.0 Å². The molecule has 2 N–H and O–H groups in total. The maximum absolute atomic E-state index is 12.5. The molecular formula is C23H18N8O3S2. The highest BCUT2D eigenvalue weighted by Crippen LogP contribution is 2.28. The molecule has 0 bridgehead atoms. The number of amides is 1. The van der Waals surface area contributed by atoms with Crippen molar-refractivity contribution in [3.8, 4) is 0 Å². The van der Waals surface area contributed by atoms with Gasteiger partial charge in [-0.15, -0.1) is 28.1 Å². The number of hydrogen-bond acceptors (Lipinski definition) is 10. The first-order valence-electron chi connectivity index (χ1n) is 10.6. The van der Waals surface area contributed by atoms with E-state index < -0.39 is 4.92 Å². The third-order valence-corrected chi connectivity index (χ3v) is 6.70. The van der Waals surface area contributed by atoms with E-state index in [1.165, 1.54) is 35.2 Å². The van der Waals surface area contributed by atoms with Crippen LogP contribution in [-0.2, 0) is 11.3 Å². The zero-order valence-corrected chi connectivity index (χ0v) is 20.3. The Morgan fingerprint density at radius 3 is 2.75 bits per heavy atom. The Labute approximate surface area is 212 Å². The first kappa shape index (κ1) is 23.4. The number of non-ortho nitro benzene ring substituents is 1. The first-order chi connectivity index (χ1) is 17.5. The molecule has 0 aliphatic carbocycles. The van der Waals surface area contributed by atoms with E-state index >= 15 is 0 Å². The van der Waals surface area contributed by atoms with Crippen molar-refractivity contribution < 1.29 is 9.72 Å². The average Bonchev–Trinajstić information content (AvgIpc) is 3.45. The van der Waals surface area contributed by atoms with E-state index in [0.717, 1.165) is 10.9 Å². The lowest BCUT2D eigenvalue weighted by Crippen LogP contribution is -2.14. The van der Waals surface area contributed by atoms with Crippen LogP contribution in [0.25, 0.3) is 22.1 Å². The highest BCUT2D eigenvalue weighted by molar-refractivity contribution is 7.99. The molecule has 36 heavy (non-hydrogen) atoms. The number of carbonyl (C=O) groups is 1.